The summed E-state index contributed by atoms with van der Waals surface area (Å²) in [6.07, 6.45) is 4.14. The summed E-state index contributed by atoms with van der Waals surface area (Å²) in [5.41, 5.74) is 1.23. The molecule has 0 amide bonds. The van der Waals surface area contributed by atoms with Crippen LogP contribution < -0.4 is 5.32 Å². The number of piperidine rings is 2. The largest absolute Gasteiger partial charge is 0.383 e. The van der Waals surface area contributed by atoms with Gasteiger partial charge in [-0.2, -0.15) is 0 Å². The van der Waals surface area contributed by atoms with E-state index in [1.54, 1.807) is 0 Å². The van der Waals surface area contributed by atoms with Crippen molar-refractivity contribution < 1.29 is 0 Å². The van der Waals surface area contributed by atoms with E-state index >= 15 is 0 Å². The molecule has 3 rings (SSSR count). The van der Waals surface area contributed by atoms with Crippen molar-refractivity contribution in [2.24, 2.45) is 5.92 Å². The van der Waals surface area contributed by atoms with E-state index in [0.717, 1.165) is 18.5 Å². The lowest BCUT2D eigenvalue weighted by Crippen LogP contribution is -2.55. The highest BCUT2D eigenvalue weighted by Gasteiger charge is 2.35. The Labute approximate surface area is 129 Å². The van der Waals surface area contributed by atoms with Crippen LogP contribution >= 0.6 is 0 Å². The molecule has 2 aliphatic heterocycles. The molecule has 2 saturated heterocycles. The van der Waals surface area contributed by atoms with E-state index in [9.17, 15) is 0 Å². The van der Waals surface area contributed by atoms with Crippen LogP contribution in [0.3, 0.4) is 0 Å². The molecule has 0 aliphatic carbocycles. The number of para-hydroxylation sites is 1. The predicted molar refractivity (Wildman–Crippen MR) is 89.7 cm³/mol. The van der Waals surface area contributed by atoms with Crippen molar-refractivity contribution >= 4 is 5.69 Å². The third kappa shape index (κ3) is 3.58. The number of benzene rings is 1. The highest BCUT2D eigenvalue weighted by Crippen LogP contribution is 2.30. The summed E-state index contributed by atoms with van der Waals surface area (Å²) in [5.74, 6) is 0.886. The minimum absolute atomic E-state index is 0.610. The van der Waals surface area contributed by atoms with Gasteiger partial charge in [0.05, 0.1) is 0 Å². The Morgan fingerprint density at radius 3 is 2.81 bits per heavy atom. The van der Waals surface area contributed by atoms with Crippen molar-refractivity contribution in [3.05, 3.63) is 30.3 Å². The van der Waals surface area contributed by atoms with Crippen LogP contribution in [-0.4, -0.2) is 55.1 Å². The van der Waals surface area contributed by atoms with Crippen molar-refractivity contribution in [1.29, 1.82) is 0 Å². The van der Waals surface area contributed by atoms with Crippen molar-refractivity contribution in [1.82, 2.24) is 9.80 Å². The molecule has 2 fully saturated rings. The lowest BCUT2D eigenvalue weighted by molar-refractivity contribution is 0.0255. The molecule has 0 radical (unpaired) electrons. The van der Waals surface area contributed by atoms with Gasteiger partial charge in [0.2, 0.25) is 0 Å². The van der Waals surface area contributed by atoms with Crippen LogP contribution in [0.15, 0.2) is 30.3 Å². The topological polar surface area (TPSA) is 18.5 Å². The maximum Gasteiger partial charge on any atom is 0.0340 e. The Bertz CT molecular complexity index is 433. The Kier molecular flexibility index (Phi) is 4.81. The molecule has 3 heteroatoms. The Morgan fingerprint density at radius 1 is 1.19 bits per heavy atom. The molecule has 3 nitrogen and oxygen atoms in total. The second kappa shape index (κ2) is 6.80. The minimum Gasteiger partial charge on any atom is -0.383 e. The third-order valence-corrected chi connectivity index (χ3v) is 5.38. The van der Waals surface area contributed by atoms with E-state index in [4.69, 9.17) is 0 Å². The Hall–Kier alpha value is -1.06. The van der Waals surface area contributed by atoms with Crippen LogP contribution in [0.2, 0.25) is 0 Å². The molecule has 1 N–H and O–H groups in total. The number of anilines is 1. The average molecular weight is 287 g/mol. The van der Waals surface area contributed by atoms with E-state index in [1.807, 2.05) is 0 Å². The fourth-order valence-corrected chi connectivity index (χ4v) is 4.03. The SMILES string of the molecule is CC(CNc1ccccc1)N1CCC2C(CCCN2C)C1. The van der Waals surface area contributed by atoms with Crippen LogP contribution in [0.25, 0.3) is 0 Å². The number of hydrogen-bond acceptors (Lipinski definition) is 3. The second-order valence-corrected chi connectivity index (χ2v) is 6.83. The number of fused-ring (bicyclic) bond motifs is 1. The molecule has 2 heterocycles. The van der Waals surface area contributed by atoms with Gasteiger partial charge in [-0.3, -0.25) is 4.90 Å². The van der Waals surface area contributed by atoms with E-state index in [0.29, 0.717) is 6.04 Å². The van der Waals surface area contributed by atoms with E-state index in [1.165, 1.54) is 44.6 Å². The first-order valence-electron chi connectivity index (χ1n) is 8.47. The average Bonchev–Trinajstić information content (AvgIpc) is 2.53. The summed E-state index contributed by atoms with van der Waals surface area (Å²) in [6, 6.07) is 12.0. The van der Waals surface area contributed by atoms with Gasteiger partial charge in [0.25, 0.3) is 0 Å². The molecule has 3 atom stereocenters. The Morgan fingerprint density at radius 2 is 2.00 bits per heavy atom. The van der Waals surface area contributed by atoms with E-state index in [-0.39, 0.29) is 0 Å². The predicted octanol–water partition coefficient (Wildman–Crippen LogP) is 2.90. The second-order valence-electron chi connectivity index (χ2n) is 6.83. The maximum absolute atomic E-state index is 3.57. The van der Waals surface area contributed by atoms with Crippen LogP contribution in [-0.2, 0) is 0 Å². The molecule has 2 aliphatic rings. The van der Waals surface area contributed by atoms with Crippen molar-refractivity contribution in [3.8, 4) is 0 Å². The van der Waals surface area contributed by atoms with Gasteiger partial charge in [-0.1, -0.05) is 18.2 Å². The van der Waals surface area contributed by atoms with Crippen molar-refractivity contribution in [3.63, 3.8) is 0 Å². The molecule has 0 aromatic heterocycles. The first-order valence-corrected chi connectivity index (χ1v) is 8.47. The number of likely N-dealkylation sites (tertiary alicyclic amines) is 2. The van der Waals surface area contributed by atoms with Gasteiger partial charge in [-0.05, 0) is 64.4 Å². The van der Waals surface area contributed by atoms with E-state index in [2.05, 4.69) is 59.4 Å². The van der Waals surface area contributed by atoms with Gasteiger partial charge in [-0.25, -0.2) is 0 Å². The number of hydrogen-bond donors (Lipinski definition) is 1. The summed E-state index contributed by atoms with van der Waals surface area (Å²) in [5, 5.41) is 3.57. The van der Waals surface area contributed by atoms with Gasteiger partial charge in [0.15, 0.2) is 0 Å². The van der Waals surface area contributed by atoms with Crippen LogP contribution in [0, 0.1) is 5.92 Å². The van der Waals surface area contributed by atoms with Gasteiger partial charge < -0.3 is 10.2 Å². The zero-order valence-corrected chi connectivity index (χ0v) is 13.5. The number of rotatable bonds is 4. The van der Waals surface area contributed by atoms with Gasteiger partial charge in [0, 0.05) is 30.9 Å². The van der Waals surface area contributed by atoms with Gasteiger partial charge in [0.1, 0.15) is 0 Å². The van der Waals surface area contributed by atoms with Gasteiger partial charge >= 0.3 is 0 Å². The quantitative estimate of drug-likeness (QED) is 0.918. The van der Waals surface area contributed by atoms with Crippen LogP contribution in [0.4, 0.5) is 5.69 Å². The molecule has 3 unspecified atom stereocenters. The molecular weight excluding hydrogens is 258 g/mol. The van der Waals surface area contributed by atoms with Crippen molar-refractivity contribution in [2.75, 3.05) is 38.5 Å². The fourth-order valence-electron chi connectivity index (χ4n) is 4.03. The number of nitrogens with one attached hydrogen (secondary N) is 1. The molecule has 21 heavy (non-hydrogen) atoms. The molecule has 0 saturated carbocycles. The van der Waals surface area contributed by atoms with Crippen molar-refractivity contribution in [2.45, 2.75) is 38.3 Å². The van der Waals surface area contributed by atoms with Crippen LogP contribution in [0.5, 0.6) is 0 Å². The summed E-state index contributed by atoms with van der Waals surface area (Å²) in [4.78, 5) is 5.29. The first kappa shape index (κ1) is 14.9. The van der Waals surface area contributed by atoms with Crippen LogP contribution in [0.1, 0.15) is 26.2 Å². The Balaban J connectivity index is 1.50. The molecule has 0 bridgehead atoms. The monoisotopic (exact) mass is 287 g/mol. The first-order chi connectivity index (χ1) is 10.2. The molecular formula is C18H29N3. The molecule has 1 aromatic rings. The summed E-state index contributed by atoms with van der Waals surface area (Å²) >= 11 is 0. The summed E-state index contributed by atoms with van der Waals surface area (Å²) in [7, 11) is 2.31. The fraction of sp³-hybridized carbons (Fsp3) is 0.667. The standard InChI is InChI=1S/C18H29N3/c1-15(13-19-17-8-4-3-5-9-17)21-12-10-18-16(14-21)7-6-11-20(18)2/h3-5,8-9,15-16,18-19H,6-7,10-14H2,1-2H3. The molecule has 116 valence electrons. The molecule has 0 spiro atoms. The van der Waals surface area contributed by atoms with Gasteiger partial charge in [-0.15, -0.1) is 0 Å². The summed E-state index contributed by atoms with van der Waals surface area (Å²) in [6.45, 7) is 7.24. The highest BCUT2D eigenvalue weighted by molar-refractivity contribution is 5.42. The smallest absolute Gasteiger partial charge is 0.0340 e. The summed E-state index contributed by atoms with van der Waals surface area (Å²) < 4.78 is 0. The third-order valence-electron chi connectivity index (χ3n) is 5.38. The van der Waals surface area contributed by atoms with E-state index < -0.39 is 0 Å². The zero-order chi connectivity index (χ0) is 14.7. The zero-order valence-electron chi connectivity index (χ0n) is 13.5. The lowest BCUT2D eigenvalue weighted by atomic mass is 9.84. The maximum atomic E-state index is 3.57. The minimum atomic E-state index is 0.610. The number of nitrogens with zero attached hydrogens (tertiary/aromatic N) is 2. The normalized spacial score (nSPS) is 28.9. The highest BCUT2D eigenvalue weighted by atomic mass is 15.2. The molecule has 1 aromatic carbocycles. The lowest BCUT2D eigenvalue weighted by Gasteiger charge is -2.47.